The third-order valence-electron chi connectivity index (χ3n) is 2.15. The topological polar surface area (TPSA) is 85.2 Å². The van der Waals surface area contributed by atoms with E-state index in [0.717, 1.165) is 6.42 Å². The molecule has 0 fully saturated rings. The quantitative estimate of drug-likeness (QED) is 0.851. The smallest absolute Gasteiger partial charge is 0.280 e. The van der Waals surface area contributed by atoms with E-state index in [2.05, 4.69) is 15.3 Å². The fraction of sp³-hybridized carbons (Fsp3) is 0.500. The van der Waals surface area contributed by atoms with Crippen molar-refractivity contribution in [3.63, 3.8) is 0 Å². The van der Waals surface area contributed by atoms with Gasteiger partial charge in [-0.05, 0) is 13.3 Å². The number of aryl methyl sites for hydroxylation is 1. The lowest BCUT2D eigenvalue weighted by atomic mass is 10.2. The number of hydrogen-bond acceptors (Lipinski definition) is 6. The molecule has 1 atom stereocenters. The van der Waals surface area contributed by atoms with E-state index in [9.17, 15) is 5.11 Å². The van der Waals surface area contributed by atoms with Gasteiger partial charge in [0.1, 0.15) is 11.9 Å². The minimum Gasteiger partial charge on any atom is -0.385 e. The van der Waals surface area contributed by atoms with E-state index >= 15 is 0 Å². The fourth-order valence-corrected chi connectivity index (χ4v) is 1.34. The van der Waals surface area contributed by atoms with Crippen LogP contribution >= 0.6 is 0 Å². The summed E-state index contributed by atoms with van der Waals surface area (Å²) in [6, 6.07) is 1.70. The molecule has 1 unspecified atom stereocenters. The first-order valence-corrected chi connectivity index (χ1v) is 5.16. The van der Waals surface area contributed by atoms with Crippen LogP contribution in [0.3, 0.4) is 0 Å². The van der Waals surface area contributed by atoms with Gasteiger partial charge in [-0.2, -0.15) is 4.98 Å². The van der Waals surface area contributed by atoms with E-state index in [-0.39, 0.29) is 11.7 Å². The fourth-order valence-electron chi connectivity index (χ4n) is 1.34. The molecule has 0 aliphatic carbocycles. The van der Waals surface area contributed by atoms with Crippen LogP contribution in [0.15, 0.2) is 15.1 Å². The highest BCUT2D eigenvalue weighted by atomic mass is 16.5. The maximum absolute atomic E-state index is 9.66. The van der Waals surface area contributed by atoms with Gasteiger partial charge in [-0.1, -0.05) is 23.7 Å². The molecule has 0 saturated carbocycles. The van der Waals surface area contributed by atoms with Gasteiger partial charge in [-0.15, -0.1) is 0 Å². The molecule has 0 radical (unpaired) electrons. The molecule has 0 aliphatic heterocycles. The summed E-state index contributed by atoms with van der Waals surface area (Å²) < 4.78 is 9.88. The molecular formula is C10H13N3O3. The first kappa shape index (κ1) is 10.8. The number of aromatic nitrogens is 3. The van der Waals surface area contributed by atoms with Crippen LogP contribution in [0.25, 0.3) is 11.6 Å². The van der Waals surface area contributed by atoms with Crippen LogP contribution in [0.5, 0.6) is 0 Å². The van der Waals surface area contributed by atoms with Gasteiger partial charge in [-0.25, -0.2) is 0 Å². The molecular weight excluding hydrogens is 210 g/mol. The number of hydrogen-bond donors (Lipinski definition) is 1. The van der Waals surface area contributed by atoms with Crippen LogP contribution in [0.1, 0.15) is 37.5 Å². The molecule has 86 valence electrons. The van der Waals surface area contributed by atoms with Crippen LogP contribution < -0.4 is 0 Å². The molecule has 6 heteroatoms. The van der Waals surface area contributed by atoms with Crippen molar-refractivity contribution in [2.24, 2.45) is 0 Å². The molecule has 1 N–H and O–H groups in total. The maximum Gasteiger partial charge on any atom is 0.280 e. The third-order valence-corrected chi connectivity index (χ3v) is 2.15. The molecule has 0 spiro atoms. The summed E-state index contributed by atoms with van der Waals surface area (Å²) in [6.45, 7) is 3.75. The zero-order valence-corrected chi connectivity index (χ0v) is 9.17. The van der Waals surface area contributed by atoms with E-state index in [4.69, 9.17) is 9.05 Å². The molecule has 6 nitrogen and oxygen atoms in total. The van der Waals surface area contributed by atoms with Gasteiger partial charge in [0, 0.05) is 6.07 Å². The number of nitrogens with zero attached hydrogens (tertiary/aromatic N) is 3. The number of aliphatic hydroxyl groups is 1. The standard InChI is InChI=1S/C10H13N3O3/c1-3-4-8(14)9-11-10(16-13-9)7-5-6(2)15-12-7/h5,8,14H,3-4H2,1-2H3. The Morgan fingerprint density at radius 1 is 1.38 bits per heavy atom. The average molecular weight is 223 g/mol. The monoisotopic (exact) mass is 223 g/mol. The third kappa shape index (κ3) is 2.11. The second kappa shape index (κ2) is 4.44. The highest BCUT2D eigenvalue weighted by Gasteiger charge is 2.17. The maximum atomic E-state index is 9.66. The van der Waals surface area contributed by atoms with Crippen LogP contribution in [0.4, 0.5) is 0 Å². The van der Waals surface area contributed by atoms with Crippen LogP contribution in [-0.4, -0.2) is 20.4 Å². The largest absolute Gasteiger partial charge is 0.385 e. The minimum absolute atomic E-state index is 0.266. The first-order chi connectivity index (χ1) is 7.70. The van der Waals surface area contributed by atoms with Crippen LogP contribution in [0.2, 0.25) is 0 Å². The summed E-state index contributed by atoms with van der Waals surface area (Å²) in [5, 5.41) is 17.1. The van der Waals surface area contributed by atoms with Gasteiger partial charge in [0.2, 0.25) is 5.82 Å². The predicted molar refractivity (Wildman–Crippen MR) is 54.4 cm³/mol. The van der Waals surface area contributed by atoms with E-state index in [1.165, 1.54) is 0 Å². The minimum atomic E-state index is -0.685. The summed E-state index contributed by atoms with van der Waals surface area (Å²) in [6.07, 6.45) is 0.778. The van der Waals surface area contributed by atoms with Gasteiger partial charge in [-0.3, -0.25) is 0 Å². The van der Waals surface area contributed by atoms with E-state index in [1.807, 2.05) is 6.92 Å². The summed E-state index contributed by atoms with van der Waals surface area (Å²) in [7, 11) is 0. The van der Waals surface area contributed by atoms with Crippen molar-refractivity contribution >= 4 is 0 Å². The van der Waals surface area contributed by atoms with Crippen molar-refractivity contribution in [1.82, 2.24) is 15.3 Å². The molecule has 0 bridgehead atoms. The SMILES string of the molecule is CCCC(O)c1noc(-c2cc(C)on2)n1. The first-order valence-electron chi connectivity index (χ1n) is 5.16. The lowest BCUT2D eigenvalue weighted by molar-refractivity contribution is 0.153. The van der Waals surface area contributed by atoms with Gasteiger partial charge >= 0.3 is 0 Å². The van der Waals surface area contributed by atoms with Gasteiger partial charge in [0.05, 0.1) is 0 Å². The van der Waals surface area contributed by atoms with Gasteiger partial charge < -0.3 is 14.2 Å². The zero-order valence-electron chi connectivity index (χ0n) is 9.17. The molecule has 0 saturated heterocycles. The number of rotatable bonds is 4. The van der Waals surface area contributed by atoms with Gasteiger partial charge in [0.25, 0.3) is 5.89 Å². The molecule has 2 heterocycles. The lowest BCUT2D eigenvalue weighted by Crippen LogP contribution is -1.98. The second-order valence-corrected chi connectivity index (χ2v) is 3.59. The number of aliphatic hydroxyl groups excluding tert-OH is 1. The predicted octanol–water partition coefficient (Wildman–Crippen LogP) is 1.87. The molecule has 2 rings (SSSR count). The van der Waals surface area contributed by atoms with Crippen molar-refractivity contribution in [3.8, 4) is 11.6 Å². The summed E-state index contributed by atoms with van der Waals surface area (Å²) in [4.78, 5) is 4.06. The van der Waals surface area contributed by atoms with Crippen molar-refractivity contribution in [3.05, 3.63) is 17.7 Å². The lowest BCUT2D eigenvalue weighted by Gasteiger charge is -2.00. The van der Waals surface area contributed by atoms with Crippen molar-refractivity contribution in [2.75, 3.05) is 0 Å². The van der Waals surface area contributed by atoms with Crippen LogP contribution in [0, 0.1) is 6.92 Å². The average Bonchev–Trinajstić information content (AvgIpc) is 2.85. The molecule has 16 heavy (non-hydrogen) atoms. The Labute approximate surface area is 92.3 Å². The van der Waals surface area contributed by atoms with E-state index < -0.39 is 6.10 Å². The highest BCUT2D eigenvalue weighted by Crippen LogP contribution is 2.20. The Hall–Kier alpha value is -1.69. The Morgan fingerprint density at radius 3 is 2.81 bits per heavy atom. The summed E-state index contributed by atoms with van der Waals surface area (Å²) >= 11 is 0. The van der Waals surface area contributed by atoms with Crippen LogP contribution in [-0.2, 0) is 0 Å². The summed E-state index contributed by atoms with van der Waals surface area (Å²) in [5.74, 6) is 1.23. The molecule has 2 aromatic rings. The molecule has 0 aliphatic rings. The van der Waals surface area contributed by atoms with Crippen molar-refractivity contribution in [2.45, 2.75) is 32.8 Å². The second-order valence-electron chi connectivity index (χ2n) is 3.59. The van der Waals surface area contributed by atoms with E-state index in [1.54, 1.807) is 13.0 Å². The van der Waals surface area contributed by atoms with Gasteiger partial charge in [0.15, 0.2) is 5.69 Å². The Bertz CT molecular complexity index is 463. The molecule has 2 aromatic heterocycles. The van der Waals surface area contributed by atoms with Crippen molar-refractivity contribution in [1.29, 1.82) is 0 Å². The Kier molecular flexibility index (Phi) is 3.00. The molecule has 0 aromatic carbocycles. The van der Waals surface area contributed by atoms with Crippen molar-refractivity contribution < 1.29 is 14.2 Å². The van der Waals surface area contributed by atoms with E-state index in [0.29, 0.717) is 17.9 Å². The Morgan fingerprint density at radius 2 is 2.19 bits per heavy atom. The summed E-state index contributed by atoms with van der Waals surface area (Å²) in [5.41, 5.74) is 0.486. The normalized spacial score (nSPS) is 12.9. The zero-order chi connectivity index (χ0) is 11.5. The Balaban J connectivity index is 2.19. The highest BCUT2D eigenvalue weighted by molar-refractivity contribution is 5.45. The molecule has 0 amide bonds.